The molecular formula is C19H18N4O3S. The van der Waals surface area contributed by atoms with Crippen LogP contribution in [0.15, 0.2) is 66.2 Å². The minimum absolute atomic E-state index is 0.139. The Hall–Kier alpha value is -3.13. The van der Waals surface area contributed by atoms with Crippen molar-refractivity contribution >= 4 is 23.6 Å². The van der Waals surface area contributed by atoms with Crippen molar-refractivity contribution < 1.29 is 14.7 Å². The summed E-state index contributed by atoms with van der Waals surface area (Å²) < 4.78 is 0. The lowest BCUT2D eigenvalue weighted by Crippen LogP contribution is -2.42. The maximum atomic E-state index is 12.4. The minimum atomic E-state index is -1.10. The van der Waals surface area contributed by atoms with Crippen LogP contribution in [0.5, 0.6) is 0 Å². The van der Waals surface area contributed by atoms with E-state index in [1.807, 2.05) is 30.3 Å². The molecule has 7 nitrogen and oxygen atoms in total. The summed E-state index contributed by atoms with van der Waals surface area (Å²) in [6.45, 7) is 0. The van der Waals surface area contributed by atoms with Gasteiger partial charge in [-0.1, -0.05) is 18.2 Å². The molecule has 1 aromatic carbocycles. The van der Waals surface area contributed by atoms with Gasteiger partial charge in [-0.25, -0.2) is 14.8 Å². The Morgan fingerprint density at radius 2 is 2.00 bits per heavy atom. The lowest BCUT2D eigenvalue weighted by atomic mass is 10.1. The Bertz CT molecular complexity index is 883. The number of carboxylic acids is 1. The summed E-state index contributed by atoms with van der Waals surface area (Å²) in [6.07, 6.45) is 4.89. The molecule has 0 fully saturated rings. The number of aliphatic carboxylic acids is 1. The molecule has 2 aromatic heterocycles. The molecule has 1 amide bonds. The molecule has 8 heteroatoms. The topological polar surface area (TPSA) is 108 Å². The van der Waals surface area contributed by atoms with Crippen molar-refractivity contribution in [1.29, 1.82) is 0 Å². The molecule has 27 heavy (non-hydrogen) atoms. The quantitative estimate of drug-likeness (QED) is 0.517. The summed E-state index contributed by atoms with van der Waals surface area (Å²) in [6, 6.07) is 11.8. The average Bonchev–Trinajstić information content (AvgIpc) is 3.20. The van der Waals surface area contributed by atoms with Gasteiger partial charge in [0.15, 0.2) is 0 Å². The second-order valence-electron chi connectivity index (χ2n) is 5.80. The number of nitrogens with zero attached hydrogens (tertiary/aromatic N) is 2. The number of carbonyl (C=O) groups excluding carboxylic acids is 1. The number of carbonyl (C=O) groups is 2. The van der Waals surface area contributed by atoms with E-state index < -0.39 is 17.9 Å². The van der Waals surface area contributed by atoms with Gasteiger partial charge in [0.05, 0.1) is 11.4 Å². The Labute approximate surface area is 160 Å². The number of hydrogen-bond acceptors (Lipinski definition) is 5. The summed E-state index contributed by atoms with van der Waals surface area (Å²) >= 11 is 1.61. The van der Waals surface area contributed by atoms with Crippen molar-refractivity contribution in [1.82, 2.24) is 20.3 Å². The molecule has 0 aliphatic rings. The number of aromatic amines is 1. The molecule has 0 bridgehead atoms. The van der Waals surface area contributed by atoms with Gasteiger partial charge in [0.2, 0.25) is 0 Å². The smallest absolute Gasteiger partial charge is 0.326 e. The van der Waals surface area contributed by atoms with Crippen LogP contribution in [0.3, 0.4) is 0 Å². The monoisotopic (exact) mass is 382 g/mol. The van der Waals surface area contributed by atoms with Crippen LogP contribution in [-0.2, 0) is 17.0 Å². The van der Waals surface area contributed by atoms with E-state index in [1.54, 1.807) is 30.1 Å². The number of hydrogen-bond donors (Lipinski definition) is 3. The van der Waals surface area contributed by atoms with Crippen LogP contribution in [0.4, 0.5) is 0 Å². The summed E-state index contributed by atoms with van der Waals surface area (Å²) in [7, 11) is 0. The molecule has 1 atom stereocenters. The van der Waals surface area contributed by atoms with Gasteiger partial charge in [0, 0.05) is 35.8 Å². The molecule has 3 N–H and O–H groups in total. The zero-order chi connectivity index (χ0) is 19.1. The molecular weight excluding hydrogens is 364 g/mol. The van der Waals surface area contributed by atoms with Crippen LogP contribution in [0.2, 0.25) is 0 Å². The van der Waals surface area contributed by atoms with E-state index in [2.05, 4.69) is 20.3 Å². The predicted octanol–water partition coefficient (Wildman–Crippen LogP) is 2.52. The van der Waals surface area contributed by atoms with Crippen LogP contribution < -0.4 is 5.32 Å². The maximum Gasteiger partial charge on any atom is 0.326 e. The molecule has 0 aliphatic carbocycles. The van der Waals surface area contributed by atoms with Crippen LogP contribution in [0, 0.1) is 0 Å². The van der Waals surface area contributed by atoms with E-state index in [0.717, 1.165) is 16.3 Å². The number of amides is 1. The second-order valence-corrected chi connectivity index (χ2v) is 6.79. The highest BCUT2D eigenvalue weighted by Crippen LogP contribution is 2.20. The number of thioether (sulfide) groups is 1. The first-order valence-electron chi connectivity index (χ1n) is 8.25. The fraction of sp³-hybridized carbons (Fsp3) is 0.158. The fourth-order valence-electron chi connectivity index (χ4n) is 2.40. The zero-order valence-corrected chi connectivity index (χ0v) is 15.1. The van der Waals surface area contributed by atoms with Crippen molar-refractivity contribution in [2.75, 3.05) is 0 Å². The van der Waals surface area contributed by atoms with Crippen LogP contribution in [-0.4, -0.2) is 38.0 Å². The van der Waals surface area contributed by atoms with Crippen molar-refractivity contribution in [3.63, 3.8) is 0 Å². The standard InChI is InChI=1S/C19H18N4O3S/c24-18(23-16(19(25)26)9-15-10-20-12-22-15)14-6-4-13(5-7-14)11-27-17-3-1-2-8-21-17/h1-8,10,12,16H,9,11H2,(H,20,22)(H,23,24)(H,25,26). The van der Waals surface area contributed by atoms with Crippen molar-refractivity contribution in [2.45, 2.75) is 23.2 Å². The average molecular weight is 382 g/mol. The van der Waals surface area contributed by atoms with Crippen molar-refractivity contribution in [2.24, 2.45) is 0 Å². The maximum absolute atomic E-state index is 12.4. The molecule has 0 saturated carbocycles. The third-order valence-electron chi connectivity index (χ3n) is 3.82. The van der Waals surface area contributed by atoms with E-state index in [9.17, 15) is 14.7 Å². The fourth-order valence-corrected chi connectivity index (χ4v) is 3.22. The molecule has 2 heterocycles. The molecule has 138 valence electrons. The van der Waals surface area contributed by atoms with Gasteiger partial charge in [-0.05, 0) is 29.8 Å². The summed E-state index contributed by atoms with van der Waals surface area (Å²) in [5.74, 6) is -0.789. The predicted molar refractivity (Wildman–Crippen MR) is 101 cm³/mol. The number of nitrogens with one attached hydrogen (secondary N) is 2. The normalized spacial score (nSPS) is 11.7. The Kier molecular flexibility index (Phi) is 6.22. The molecule has 0 saturated heterocycles. The number of benzene rings is 1. The van der Waals surface area contributed by atoms with Gasteiger partial charge in [-0.2, -0.15) is 0 Å². The molecule has 0 aliphatic heterocycles. The number of rotatable bonds is 8. The highest BCUT2D eigenvalue weighted by molar-refractivity contribution is 7.98. The van der Waals surface area contributed by atoms with Gasteiger partial charge in [0.1, 0.15) is 6.04 Å². The molecule has 0 spiro atoms. The van der Waals surface area contributed by atoms with E-state index in [0.29, 0.717) is 11.3 Å². The Balaban J connectivity index is 1.58. The van der Waals surface area contributed by atoms with E-state index >= 15 is 0 Å². The van der Waals surface area contributed by atoms with Crippen LogP contribution in [0.25, 0.3) is 0 Å². The number of aromatic nitrogens is 3. The molecule has 3 rings (SSSR count). The van der Waals surface area contributed by atoms with Crippen molar-refractivity contribution in [3.05, 3.63) is 78.0 Å². The first-order chi connectivity index (χ1) is 13.1. The SMILES string of the molecule is O=C(NC(Cc1cnc[nH]1)C(=O)O)c1ccc(CSc2ccccn2)cc1. The van der Waals surface area contributed by atoms with Gasteiger partial charge in [-0.3, -0.25) is 4.79 Å². The van der Waals surface area contributed by atoms with Crippen LogP contribution >= 0.6 is 11.8 Å². The van der Waals surface area contributed by atoms with Gasteiger partial charge in [-0.15, -0.1) is 11.8 Å². The van der Waals surface area contributed by atoms with Crippen molar-refractivity contribution in [3.8, 4) is 0 Å². The lowest BCUT2D eigenvalue weighted by molar-refractivity contribution is -0.139. The summed E-state index contributed by atoms with van der Waals surface area (Å²) in [5.41, 5.74) is 2.11. The number of imidazole rings is 1. The van der Waals surface area contributed by atoms with Gasteiger partial charge < -0.3 is 15.4 Å². The van der Waals surface area contributed by atoms with E-state index in [4.69, 9.17) is 0 Å². The lowest BCUT2D eigenvalue weighted by Gasteiger charge is -2.14. The summed E-state index contributed by atoms with van der Waals surface area (Å²) in [5, 5.41) is 12.8. The summed E-state index contributed by atoms with van der Waals surface area (Å²) in [4.78, 5) is 34.7. The Morgan fingerprint density at radius 1 is 1.19 bits per heavy atom. The third-order valence-corrected chi connectivity index (χ3v) is 4.84. The molecule has 1 unspecified atom stereocenters. The second kappa shape index (κ2) is 9.00. The molecule has 3 aromatic rings. The van der Waals surface area contributed by atoms with E-state index in [1.165, 1.54) is 12.5 Å². The first kappa shape index (κ1) is 18.7. The zero-order valence-electron chi connectivity index (χ0n) is 14.3. The number of carboxylic acid groups (broad SMARTS) is 1. The minimum Gasteiger partial charge on any atom is -0.480 e. The number of pyridine rings is 1. The number of H-pyrrole nitrogens is 1. The van der Waals surface area contributed by atoms with Gasteiger partial charge >= 0.3 is 5.97 Å². The highest BCUT2D eigenvalue weighted by atomic mass is 32.2. The van der Waals surface area contributed by atoms with Crippen LogP contribution in [0.1, 0.15) is 21.6 Å². The third kappa shape index (κ3) is 5.42. The largest absolute Gasteiger partial charge is 0.480 e. The van der Waals surface area contributed by atoms with E-state index in [-0.39, 0.29) is 6.42 Å². The Morgan fingerprint density at radius 3 is 2.63 bits per heavy atom. The highest BCUT2D eigenvalue weighted by Gasteiger charge is 2.21. The van der Waals surface area contributed by atoms with Gasteiger partial charge in [0.25, 0.3) is 5.91 Å². The first-order valence-corrected chi connectivity index (χ1v) is 9.24. The molecule has 0 radical (unpaired) electrons.